The third-order valence-corrected chi connectivity index (χ3v) is 4.28. The predicted octanol–water partition coefficient (Wildman–Crippen LogP) is 2.90. The van der Waals surface area contributed by atoms with Crippen molar-refractivity contribution in [3.63, 3.8) is 0 Å². The van der Waals surface area contributed by atoms with Gasteiger partial charge in [0, 0.05) is 18.2 Å². The van der Waals surface area contributed by atoms with Gasteiger partial charge in [-0.1, -0.05) is 35.5 Å². The van der Waals surface area contributed by atoms with Crippen molar-refractivity contribution in [3.05, 3.63) is 42.1 Å². The highest BCUT2D eigenvalue weighted by atomic mass is 16.5. The van der Waals surface area contributed by atoms with Crippen LogP contribution in [0.4, 0.5) is 0 Å². The van der Waals surface area contributed by atoms with Crippen LogP contribution in [0.3, 0.4) is 0 Å². The lowest BCUT2D eigenvalue weighted by atomic mass is 9.93. The van der Waals surface area contributed by atoms with Crippen molar-refractivity contribution in [1.29, 1.82) is 0 Å². The van der Waals surface area contributed by atoms with E-state index in [2.05, 4.69) is 16.1 Å². The van der Waals surface area contributed by atoms with Gasteiger partial charge in [0.05, 0.1) is 5.69 Å². The van der Waals surface area contributed by atoms with E-state index >= 15 is 0 Å². The molecule has 1 aliphatic rings. The summed E-state index contributed by atoms with van der Waals surface area (Å²) in [4.78, 5) is 2.46. The number of benzene rings is 1. The highest BCUT2D eigenvalue weighted by molar-refractivity contribution is 5.56. The van der Waals surface area contributed by atoms with Crippen molar-refractivity contribution in [1.82, 2.24) is 10.1 Å². The Morgan fingerprint density at radius 2 is 1.95 bits per heavy atom. The summed E-state index contributed by atoms with van der Waals surface area (Å²) in [6.45, 7) is 3.97. The van der Waals surface area contributed by atoms with Crippen LogP contribution < -0.4 is 5.73 Å². The largest absolute Gasteiger partial charge is 0.356 e. The minimum absolute atomic E-state index is 0.809. The van der Waals surface area contributed by atoms with E-state index in [4.69, 9.17) is 10.3 Å². The Hall–Kier alpha value is -1.65. The summed E-state index contributed by atoms with van der Waals surface area (Å²) in [6.07, 6.45) is 3.66. The molecule has 4 heteroatoms. The lowest BCUT2D eigenvalue weighted by Gasteiger charge is -2.31. The van der Waals surface area contributed by atoms with Crippen LogP contribution in [0.5, 0.6) is 0 Å². The van der Waals surface area contributed by atoms with Crippen LogP contribution in [-0.4, -0.2) is 29.7 Å². The SMILES string of the molecule is NCCC1CCN(Cc2cc(-c3ccccc3)on2)CC1. The second kappa shape index (κ2) is 6.87. The van der Waals surface area contributed by atoms with E-state index in [0.29, 0.717) is 0 Å². The lowest BCUT2D eigenvalue weighted by Crippen LogP contribution is -2.33. The number of nitrogens with two attached hydrogens (primary N) is 1. The first-order valence-corrected chi connectivity index (χ1v) is 7.78. The standard InChI is InChI=1S/C17H23N3O/c18-9-6-14-7-10-20(11-8-14)13-16-12-17(21-19-16)15-4-2-1-3-5-15/h1-5,12,14H,6-11,13,18H2. The second-order valence-electron chi connectivity index (χ2n) is 5.85. The summed E-state index contributed by atoms with van der Waals surface area (Å²) in [5.41, 5.74) is 7.74. The Bertz CT molecular complexity index is 544. The molecule has 21 heavy (non-hydrogen) atoms. The molecule has 0 bridgehead atoms. The molecule has 1 saturated heterocycles. The van der Waals surface area contributed by atoms with E-state index < -0.39 is 0 Å². The molecule has 2 N–H and O–H groups in total. The van der Waals surface area contributed by atoms with E-state index in [9.17, 15) is 0 Å². The van der Waals surface area contributed by atoms with Crippen LogP contribution in [0.25, 0.3) is 11.3 Å². The predicted molar refractivity (Wildman–Crippen MR) is 83.6 cm³/mol. The van der Waals surface area contributed by atoms with Gasteiger partial charge in [0.15, 0.2) is 5.76 Å². The molecule has 1 aromatic heterocycles. The maximum absolute atomic E-state index is 5.64. The molecule has 2 aromatic rings. The lowest BCUT2D eigenvalue weighted by molar-refractivity contribution is 0.170. The van der Waals surface area contributed by atoms with Crippen LogP contribution in [-0.2, 0) is 6.54 Å². The van der Waals surface area contributed by atoms with Crippen molar-refractivity contribution in [2.75, 3.05) is 19.6 Å². The molecule has 0 aliphatic carbocycles. The minimum atomic E-state index is 0.809. The molecule has 112 valence electrons. The number of hydrogen-bond acceptors (Lipinski definition) is 4. The second-order valence-corrected chi connectivity index (χ2v) is 5.85. The van der Waals surface area contributed by atoms with Gasteiger partial charge in [-0.05, 0) is 44.8 Å². The highest BCUT2D eigenvalue weighted by Gasteiger charge is 2.19. The number of aromatic nitrogens is 1. The van der Waals surface area contributed by atoms with Crippen molar-refractivity contribution in [2.24, 2.45) is 11.7 Å². The van der Waals surface area contributed by atoms with Crippen LogP contribution in [0.1, 0.15) is 25.0 Å². The normalized spacial score (nSPS) is 17.2. The zero-order chi connectivity index (χ0) is 14.5. The average Bonchev–Trinajstić information content (AvgIpc) is 2.99. The number of nitrogens with zero attached hydrogens (tertiary/aromatic N) is 2. The number of likely N-dealkylation sites (tertiary alicyclic amines) is 1. The van der Waals surface area contributed by atoms with E-state index in [-0.39, 0.29) is 0 Å². The number of hydrogen-bond donors (Lipinski definition) is 1. The number of rotatable bonds is 5. The van der Waals surface area contributed by atoms with Crippen molar-refractivity contribution < 1.29 is 4.52 Å². The van der Waals surface area contributed by atoms with Gasteiger partial charge in [-0.15, -0.1) is 0 Å². The molecule has 1 fully saturated rings. The van der Waals surface area contributed by atoms with Gasteiger partial charge in [0.25, 0.3) is 0 Å². The quantitative estimate of drug-likeness (QED) is 0.917. The molecular weight excluding hydrogens is 262 g/mol. The number of piperidine rings is 1. The Balaban J connectivity index is 1.56. The third-order valence-electron chi connectivity index (χ3n) is 4.28. The van der Waals surface area contributed by atoms with Gasteiger partial charge >= 0.3 is 0 Å². The Morgan fingerprint density at radius 3 is 2.67 bits per heavy atom. The molecule has 2 heterocycles. The third kappa shape index (κ3) is 3.71. The van der Waals surface area contributed by atoms with Gasteiger partial charge in [-0.2, -0.15) is 0 Å². The summed E-state index contributed by atoms with van der Waals surface area (Å²) < 4.78 is 5.46. The smallest absolute Gasteiger partial charge is 0.167 e. The Labute approximate surface area is 125 Å². The summed E-state index contributed by atoms with van der Waals surface area (Å²) in [5, 5.41) is 4.21. The van der Waals surface area contributed by atoms with Gasteiger partial charge in [0.2, 0.25) is 0 Å². The van der Waals surface area contributed by atoms with E-state index in [0.717, 1.165) is 55.5 Å². The van der Waals surface area contributed by atoms with Crippen LogP contribution in [0.2, 0.25) is 0 Å². The molecule has 1 aromatic carbocycles. The zero-order valence-corrected chi connectivity index (χ0v) is 12.4. The fourth-order valence-corrected chi connectivity index (χ4v) is 3.02. The monoisotopic (exact) mass is 285 g/mol. The molecule has 1 aliphatic heterocycles. The van der Waals surface area contributed by atoms with Gasteiger partial charge in [-0.25, -0.2) is 0 Å². The van der Waals surface area contributed by atoms with Gasteiger partial charge in [-0.3, -0.25) is 4.90 Å². The molecule has 0 saturated carbocycles. The minimum Gasteiger partial charge on any atom is -0.356 e. The molecule has 0 radical (unpaired) electrons. The van der Waals surface area contributed by atoms with Gasteiger partial charge < -0.3 is 10.3 Å². The van der Waals surface area contributed by atoms with Gasteiger partial charge in [0.1, 0.15) is 0 Å². The first-order chi connectivity index (χ1) is 10.3. The summed E-state index contributed by atoms with van der Waals surface area (Å²) in [5.74, 6) is 1.66. The Kier molecular flexibility index (Phi) is 4.68. The maximum Gasteiger partial charge on any atom is 0.167 e. The first kappa shape index (κ1) is 14.3. The highest BCUT2D eigenvalue weighted by Crippen LogP contribution is 2.23. The van der Waals surface area contributed by atoms with Crippen molar-refractivity contribution >= 4 is 0 Å². The topological polar surface area (TPSA) is 55.3 Å². The fourth-order valence-electron chi connectivity index (χ4n) is 3.02. The molecule has 0 spiro atoms. The molecule has 0 unspecified atom stereocenters. The maximum atomic E-state index is 5.64. The average molecular weight is 285 g/mol. The van der Waals surface area contributed by atoms with E-state index in [1.54, 1.807) is 0 Å². The molecule has 4 nitrogen and oxygen atoms in total. The molecule has 0 amide bonds. The fraction of sp³-hybridized carbons (Fsp3) is 0.471. The Morgan fingerprint density at radius 1 is 1.19 bits per heavy atom. The van der Waals surface area contributed by atoms with Crippen LogP contribution in [0.15, 0.2) is 40.9 Å². The van der Waals surface area contributed by atoms with Crippen molar-refractivity contribution in [3.8, 4) is 11.3 Å². The van der Waals surface area contributed by atoms with Crippen LogP contribution in [0, 0.1) is 5.92 Å². The van der Waals surface area contributed by atoms with Crippen LogP contribution >= 0.6 is 0 Å². The first-order valence-electron chi connectivity index (χ1n) is 7.78. The van der Waals surface area contributed by atoms with Crippen molar-refractivity contribution in [2.45, 2.75) is 25.8 Å². The molecule has 3 rings (SSSR count). The van der Waals surface area contributed by atoms with E-state index in [1.807, 2.05) is 30.3 Å². The summed E-state index contributed by atoms with van der Waals surface area (Å²) in [7, 11) is 0. The molecular formula is C17H23N3O. The zero-order valence-electron chi connectivity index (χ0n) is 12.4. The summed E-state index contributed by atoms with van der Waals surface area (Å²) >= 11 is 0. The molecule has 0 atom stereocenters. The van der Waals surface area contributed by atoms with E-state index in [1.165, 1.54) is 12.8 Å². The summed E-state index contributed by atoms with van der Waals surface area (Å²) in [6, 6.07) is 12.2.